The summed E-state index contributed by atoms with van der Waals surface area (Å²) in [6, 6.07) is 0. The van der Waals surface area contributed by atoms with E-state index >= 15 is 0 Å². The predicted molar refractivity (Wildman–Crippen MR) is 39.3 cm³/mol. The fourth-order valence-electron chi connectivity index (χ4n) is 0.463. The number of hydrogen-bond donors (Lipinski definition) is 0. The normalized spacial score (nSPS) is 11.2. The topological polar surface area (TPSA) is 17.1 Å². The summed E-state index contributed by atoms with van der Waals surface area (Å²) in [7, 11) is 0. The van der Waals surface area contributed by atoms with Gasteiger partial charge in [0.2, 0.25) is 0 Å². The highest BCUT2D eigenvalue weighted by molar-refractivity contribution is 5.51. The van der Waals surface area contributed by atoms with Gasteiger partial charge in [-0.2, -0.15) is 0 Å². The third-order valence-corrected chi connectivity index (χ3v) is 0.907. The molecule has 0 aromatic carbocycles. The highest BCUT2D eigenvalue weighted by Crippen LogP contribution is 1.86. The van der Waals surface area contributed by atoms with Crippen LogP contribution in [0.3, 0.4) is 0 Å². The van der Waals surface area contributed by atoms with E-state index in [-0.39, 0.29) is 0 Å². The van der Waals surface area contributed by atoms with E-state index in [9.17, 15) is 4.79 Å². The van der Waals surface area contributed by atoms with Crippen LogP contribution in [-0.2, 0) is 4.79 Å². The zero-order chi connectivity index (χ0) is 6.95. The molecule has 0 fully saturated rings. The van der Waals surface area contributed by atoms with Crippen molar-refractivity contribution in [3.05, 3.63) is 24.3 Å². The first kappa shape index (κ1) is 8.15. The van der Waals surface area contributed by atoms with Crippen molar-refractivity contribution >= 4 is 6.29 Å². The van der Waals surface area contributed by atoms with Gasteiger partial charge in [-0.15, -0.1) is 0 Å². The predicted octanol–water partition coefficient (Wildman–Crippen LogP) is 2.10. The van der Waals surface area contributed by atoms with Crippen LogP contribution in [0.2, 0.25) is 0 Å². The summed E-state index contributed by atoms with van der Waals surface area (Å²) in [5.74, 6) is 0. The summed E-state index contributed by atoms with van der Waals surface area (Å²) in [6.45, 7) is 1.98. The van der Waals surface area contributed by atoms with Crippen LogP contribution in [0.1, 0.15) is 19.8 Å². The van der Waals surface area contributed by atoms with Gasteiger partial charge in [-0.25, -0.2) is 0 Å². The van der Waals surface area contributed by atoms with Gasteiger partial charge in [-0.05, 0) is 13.3 Å². The Balaban J connectivity index is 3.14. The molecule has 0 unspecified atom stereocenters. The summed E-state index contributed by atoms with van der Waals surface area (Å²) < 4.78 is 0. The maximum atomic E-state index is 9.77. The summed E-state index contributed by atoms with van der Waals surface area (Å²) in [5, 5.41) is 0. The van der Waals surface area contributed by atoms with Gasteiger partial charge in [0.1, 0.15) is 6.29 Å². The Morgan fingerprint density at radius 2 is 1.78 bits per heavy atom. The lowest BCUT2D eigenvalue weighted by molar-refractivity contribution is -0.107. The molecule has 0 aliphatic heterocycles. The molecule has 1 nitrogen and oxygen atoms in total. The molecular weight excluding hydrogens is 112 g/mol. The molecule has 9 heavy (non-hydrogen) atoms. The first-order chi connectivity index (χ1) is 4.41. The smallest absolute Gasteiger partial charge is 0.123 e. The van der Waals surface area contributed by atoms with E-state index in [2.05, 4.69) is 0 Å². The molecule has 0 saturated heterocycles. The Kier molecular flexibility index (Phi) is 6.47. The Labute approximate surface area is 56.1 Å². The van der Waals surface area contributed by atoms with Gasteiger partial charge >= 0.3 is 0 Å². The van der Waals surface area contributed by atoms with E-state index in [0.29, 0.717) is 6.42 Å². The lowest BCUT2D eigenvalue weighted by atomic mass is 10.3. The molecule has 0 aromatic rings. The number of hydrogen-bond acceptors (Lipinski definition) is 1. The van der Waals surface area contributed by atoms with Gasteiger partial charge in [-0.1, -0.05) is 24.3 Å². The molecule has 0 amide bonds. The maximum Gasteiger partial charge on any atom is 0.123 e. The molecule has 0 spiro atoms. The molecule has 0 aliphatic carbocycles. The molecule has 0 radical (unpaired) electrons. The minimum atomic E-state index is 0.539. The van der Waals surface area contributed by atoms with Crippen molar-refractivity contribution in [2.24, 2.45) is 0 Å². The molecule has 0 bridgehead atoms. The minimum absolute atomic E-state index is 0.539. The average molecular weight is 124 g/mol. The van der Waals surface area contributed by atoms with Crippen molar-refractivity contribution < 1.29 is 4.79 Å². The average Bonchev–Trinajstić information content (AvgIpc) is 1.89. The zero-order valence-corrected chi connectivity index (χ0v) is 5.71. The second kappa shape index (κ2) is 7.15. The number of allylic oxidation sites excluding steroid dienone is 4. The number of carbonyl (C=O) groups excluding carboxylic acids is 1. The Hall–Kier alpha value is -0.850. The first-order valence-electron chi connectivity index (χ1n) is 3.11. The van der Waals surface area contributed by atoms with E-state index in [1.807, 2.05) is 31.2 Å². The van der Waals surface area contributed by atoms with Crippen LogP contribution in [0.25, 0.3) is 0 Å². The van der Waals surface area contributed by atoms with E-state index in [0.717, 1.165) is 12.7 Å². The lowest BCUT2D eigenvalue weighted by Gasteiger charge is -1.77. The number of carbonyl (C=O) groups is 1. The highest BCUT2D eigenvalue weighted by Gasteiger charge is 1.69. The van der Waals surface area contributed by atoms with Gasteiger partial charge in [0, 0.05) is 6.42 Å². The van der Waals surface area contributed by atoms with Crippen LogP contribution in [0.5, 0.6) is 0 Å². The third-order valence-electron chi connectivity index (χ3n) is 0.907. The van der Waals surface area contributed by atoms with Gasteiger partial charge in [0.15, 0.2) is 0 Å². The molecule has 0 saturated carbocycles. The largest absolute Gasteiger partial charge is 0.303 e. The minimum Gasteiger partial charge on any atom is -0.303 e. The number of rotatable bonds is 4. The first-order valence-corrected chi connectivity index (χ1v) is 3.11. The van der Waals surface area contributed by atoms with Crippen LogP contribution < -0.4 is 0 Å². The second-order valence-corrected chi connectivity index (χ2v) is 1.68. The van der Waals surface area contributed by atoms with Crippen LogP contribution in [-0.4, -0.2) is 6.29 Å². The number of aldehydes is 1. The Morgan fingerprint density at radius 3 is 2.33 bits per heavy atom. The van der Waals surface area contributed by atoms with E-state index in [1.54, 1.807) is 0 Å². The van der Waals surface area contributed by atoms with Crippen molar-refractivity contribution in [1.29, 1.82) is 0 Å². The summed E-state index contributed by atoms with van der Waals surface area (Å²) in [4.78, 5) is 9.77. The fourth-order valence-corrected chi connectivity index (χ4v) is 0.463. The van der Waals surface area contributed by atoms with Gasteiger partial charge in [0.25, 0.3) is 0 Å². The second-order valence-electron chi connectivity index (χ2n) is 1.68. The molecule has 50 valence electrons. The van der Waals surface area contributed by atoms with Gasteiger partial charge < -0.3 is 4.79 Å². The van der Waals surface area contributed by atoms with Crippen molar-refractivity contribution in [2.75, 3.05) is 0 Å². The van der Waals surface area contributed by atoms with Crippen LogP contribution in [0, 0.1) is 0 Å². The summed E-state index contributed by atoms with van der Waals surface area (Å²) >= 11 is 0. The molecule has 0 atom stereocenters. The Bertz CT molecular complexity index is 112. The molecule has 0 aliphatic rings. The lowest BCUT2D eigenvalue weighted by Crippen LogP contribution is -1.64. The molecular formula is C8H12O. The maximum absolute atomic E-state index is 9.77. The van der Waals surface area contributed by atoms with E-state index < -0.39 is 0 Å². The molecule has 0 rings (SSSR count). The van der Waals surface area contributed by atoms with Crippen LogP contribution >= 0.6 is 0 Å². The standard InChI is InChI=1S/C8H12O/c1-2-3-4-5-6-7-8-9/h2-3,5-6,8H,4,7H2,1H3/b3-2+,6-5+. The van der Waals surface area contributed by atoms with Crippen LogP contribution in [0.4, 0.5) is 0 Å². The fraction of sp³-hybridized carbons (Fsp3) is 0.375. The molecule has 0 heterocycles. The van der Waals surface area contributed by atoms with Crippen molar-refractivity contribution in [2.45, 2.75) is 19.8 Å². The summed E-state index contributed by atoms with van der Waals surface area (Å²) in [5.41, 5.74) is 0. The molecule has 0 N–H and O–H groups in total. The van der Waals surface area contributed by atoms with Gasteiger partial charge in [0.05, 0.1) is 0 Å². The Morgan fingerprint density at radius 1 is 1.11 bits per heavy atom. The van der Waals surface area contributed by atoms with Crippen molar-refractivity contribution in [1.82, 2.24) is 0 Å². The SMILES string of the molecule is C/C=C/C/C=C/CC=O. The zero-order valence-electron chi connectivity index (χ0n) is 5.71. The monoisotopic (exact) mass is 124 g/mol. The van der Waals surface area contributed by atoms with Gasteiger partial charge in [-0.3, -0.25) is 0 Å². The molecule has 1 heteroatoms. The van der Waals surface area contributed by atoms with Crippen LogP contribution in [0.15, 0.2) is 24.3 Å². The van der Waals surface area contributed by atoms with E-state index in [1.165, 1.54) is 0 Å². The summed E-state index contributed by atoms with van der Waals surface area (Å²) in [6.07, 6.45) is 10.3. The highest BCUT2D eigenvalue weighted by atomic mass is 16.1. The van der Waals surface area contributed by atoms with E-state index in [4.69, 9.17) is 0 Å². The van der Waals surface area contributed by atoms with Crippen molar-refractivity contribution in [3.63, 3.8) is 0 Å². The quantitative estimate of drug-likeness (QED) is 0.414. The van der Waals surface area contributed by atoms with Crippen molar-refractivity contribution in [3.8, 4) is 0 Å². The molecule has 0 aromatic heterocycles. The third kappa shape index (κ3) is 7.15.